The Kier molecular flexibility index (Phi) is 3.58. The average Bonchev–Trinajstić information content (AvgIpc) is 2.77. The summed E-state index contributed by atoms with van der Waals surface area (Å²) in [6, 6.07) is 5.63. The van der Waals surface area contributed by atoms with Gasteiger partial charge in [0.2, 0.25) is 0 Å². The SMILES string of the molecule is Cc1cc(C)c(C(=O)/C=C\c2cccs2)c(=O)[nH]1. The normalized spacial score (nSPS) is 11.0. The van der Waals surface area contributed by atoms with E-state index in [1.54, 1.807) is 37.3 Å². The van der Waals surface area contributed by atoms with Crippen molar-refractivity contribution in [1.82, 2.24) is 4.98 Å². The van der Waals surface area contributed by atoms with Gasteiger partial charge in [-0.15, -0.1) is 11.3 Å². The summed E-state index contributed by atoms with van der Waals surface area (Å²) in [6.45, 7) is 3.57. The first kappa shape index (κ1) is 12.5. The quantitative estimate of drug-likeness (QED) is 0.680. The first-order chi connectivity index (χ1) is 8.58. The number of H-pyrrole nitrogens is 1. The van der Waals surface area contributed by atoms with Crippen LogP contribution in [0.2, 0.25) is 0 Å². The lowest BCUT2D eigenvalue weighted by molar-refractivity contribution is 0.104. The van der Waals surface area contributed by atoms with Gasteiger partial charge in [-0.05, 0) is 49.1 Å². The molecule has 0 unspecified atom stereocenters. The number of rotatable bonds is 3. The number of allylic oxidation sites excluding steroid dienone is 1. The molecule has 92 valence electrons. The number of thiophene rings is 1. The number of carbonyl (C=O) groups is 1. The second-order valence-corrected chi connectivity index (χ2v) is 5.03. The van der Waals surface area contributed by atoms with E-state index in [9.17, 15) is 9.59 Å². The monoisotopic (exact) mass is 259 g/mol. The molecular weight excluding hydrogens is 246 g/mol. The lowest BCUT2D eigenvalue weighted by Gasteiger charge is -2.02. The third-order valence-electron chi connectivity index (χ3n) is 2.55. The van der Waals surface area contributed by atoms with Crippen LogP contribution in [0.3, 0.4) is 0 Å². The van der Waals surface area contributed by atoms with Crippen LogP contribution in [-0.2, 0) is 0 Å². The Balaban J connectivity index is 2.33. The lowest BCUT2D eigenvalue weighted by atomic mass is 10.1. The van der Waals surface area contributed by atoms with Gasteiger partial charge < -0.3 is 4.98 Å². The summed E-state index contributed by atoms with van der Waals surface area (Å²) in [6.07, 6.45) is 3.17. The van der Waals surface area contributed by atoms with E-state index < -0.39 is 0 Å². The third kappa shape index (κ3) is 2.65. The van der Waals surface area contributed by atoms with Crippen molar-refractivity contribution in [3.63, 3.8) is 0 Å². The summed E-state index contributed by atoms with van der Waals surface area (Å²) < 4.78 is 0. The lowest BCUT2D eigenvalue weighted by Crippen LogP contribution is -2.19. The van der Waals surface area contributed by atoms with Crippen LogP contribution in [0.5, 0.6) is 0 Å². The average molecular weight is 259 g/mol. The van der Waals surface area contributed by atoms with E-state index in [1.165, 1.54) is 6.08 Å². The molecule has 0 amide bonds. The second-order valence-electron chi connectivity index (χ2n) is 4.05. The Morgan fingerprint density at radius 1 is 1.39 bits per heavy atom. The van der Waals surface area contributed by atoms with Crippen LogP contribution >= 0.6 is 11.3 Å². The molecule has 0 atom stereocenters. The van der Waals surface area contributed by atoms with E-state index in [4.69, 9.17) is 0 Å². The van der Waals surface area contributed by atoms with E-state index in [1.807, 2.05) is 17.5 Å². The molecule has 0 saturated carbocycles. The Bertz CT molecular complexity index is 651. The molecule has 2 aromatic heterocycles. The molecule has 0 aliphatic rings. The molecule has 0 bridgehead atoms. The highest BCUT2D eigenvalue weighted by molar-refractivity contribution is 7.10. The molecule has 2 aromatic rings. The maximum absolute atomic E-state index is 12.0. The molecule has 0 fully saturated rings. The topological polar surface area (TPSA) is 49.9 Å². The van der Waals surface area contributed by atoms with Gasteiger partial charge in [-0.2, -0.15) is 0 Å². The van der Waals surface area contributed by atoms with Crippen LogP contribution in [-0.4, -0.2) is 10.8 Å². The minimum Gasteiger partial charge on any atom is -0.326 e. The summed E-state index contributed by atoms with van der Waals surface area (Å²) >= 11 is 1.55. The van der Waals surface area contributed by atoms with Gasteiger partial charge in [-0.25, -0.2) is 0 Å². The number of hydrogen-bond acceptors (Lipinski definition) is 3. The fraction of sp³-hybridized carbons (Fsp3) is 0.143. The molecule has 1 N–H and O–H groups in total. The van der Waals surface area contributed by atoms with Gasteiger partial charge in [0.05, 0.1) is 5.56 Å². The molecule has 2 heterocycles. The Labute approximate surface area is 109 Å². The summed E-state index contributed by atoms with van der Waals surface area (Å²) in [7, 11) is 0. The summed E-state index contributed by atoms with van der Waals surface area (Å²) in [5.74, 6) is -0.262. The molecule has 4 heteroatoms. The van der Waals surface area contributed by atoms with Gasteiger partial charge >= 0.3 is 0 Å². The van der Waals surface area contributed by atoms with Gasteiger partial charge in [0.15, 0.2) is 5.78 Å². The van der Waals surface area contributed by atoms with Crippen LogP contribution in [0, 0.1) is 13.8 Å². The first-order valence-electron chi connectivity index (χ1n) is 5.54. The minimum atomic E-state index is -0.326. The number of carbonyl (C=O) groups excluding carboxylic acids is 1. The van der Waals surface area contributed by atoms with Crippen molar-refractivity contribution < 1.29 is 4.79 Å². The number of aromatic amines is 1. The molecule has 0 spiro atoms. The first-order valence-corrected chi connectivity index (χ1v) is 6.42. The maximum atomic E-state index is 12.0. The second kappa shape index (κ2) is 5.14. The van der Waals surface area contributed by atoms with E-state index >= 15 is 0 Å². The number of aromatic nitrogens is 1. The number of aryl methyl sites for hydroxylation is 2. The van der Waals surface area contributed by atoms with Crippen molar-refractivity contribution in [1.29, 1.82) is 0 Å². The molecule has 0 aliphatic carbocycles. The third-order valence-corrected chi connectivity index (χ3v) is 3.39. The van der Waals surface area contributed by atoms with Crippen LogP contribution in [0.25, 0.3) is 6.08 Å². The molecule has 0 saturated heterocycles. The highest BCUT2D eigenvalue weighted by Gasteiger charge is 2.11. The van der Waals surface area contributed by atoms with Crippen molar-refractivity contribution in [2.45, 2.75) is 13.8 Å². The van der Waals surface area contributed by atoms with Crippen LogP contribution in [0.4, 0.5) is 0 Å². The maximum Gasteiger partial charge on any atom is 0.259 e. The van der Waals surface area contributed by atoms with Crippen LogP contribution < -0.4 is 5.56 Å². The van der Waals surface area contributed by atoms with E-state index in [0.29, 0.717) is 5.56 Å². The van der Waals surface area contributed by atoms with Crippen molar-refractivity contribution in [2.24, 2.45) is 0 Å². The zero-order valence-corrected chi connectivity index (χ0v) is 11.0. The van der Waals surface area contributed by atoms with Gasteiger partial charge in [0, 0.05) is 10.6 Å². The fourth-order valence-corrected chi connectivity index (χ4v) is 2.41. The van der Waals surface area contributed by atoms with Gasteiger partial charge in [0.1, 0.15) is 0 Å². The van der Waals surface area contributed by atoms with Crippen molar-refractivity contribution in [2.75, 3.05) is 0 Å². The predicted octanol–water partition coefficient (Wildman–Crippen LogP) is 2.95. The molecule has 0 aliphatic heterocycles. The fourth-order valence-electron chi connectivity index (χ4n) is 1.79. The molecule has 0 aromatic carbocycles. The summed E-state index contributed by atoms with van der Waals surface area (Å²) in [4.78, 5) is 27.4. The Hall–Kier alpha value is -1.94. The molecule has 0 radical (unpaired) electrons. The van der Waals surface area contributed by atoms with E-state index in [-0.39, 0.29) is 16.9 Å². The summed E-state index contributed by atoms with van der Waals surface area (Å²) in [5.41, 5.74) is 1.36. The van der Waals surface area contributed by atoms with Gasteiger partial charge in [-0.1, -0.05) is 6.07 Å². The van der Waals surface area contributed by atoms with Gasteiger partial charge in [-0.3, -0.25) is 9.59 Å². The molecule has 18 heavy (non-hydrogen) atoms. The highest BCUT2D eigenvalue weighted by Crippen LogP contribution is 2.12. The number of pyridine rings is 1. The Morgan fingerprint density at radius 3 is 2.78 bits per heavy atom. The number of hydrogen-bond donors (Lipinski definition) is 1. The molecule has 3 nitrogen and oxygen atoms in total. The number of ketones is 1. The van der Waals surface area contributed by atoms with Crippen LogP contribution in [0.15, 0.2) is 34.4 Å². The van der Waals surface area contributed by atoms with Crippen molar-refractivity contribution in [3.05, 3.63) is 61.7 Å². The molecular formula is C14H13NO2S. The Morgan fingerprint density at radius 2 is 2.17 bits per heavy atom. The smallest absolute Gasteiger partial charge is 0.259 e. The van der Waals surface area contributed by atoms with Crippen LogP contribution in [0.1, 0.15) is 26.5 Å². The highest BCUT2D eigenvalue weighted by atomic mass is 32.1. The van der Waals surface area contributed by atoms with Gasteiger partial charge in [0.25, 0.3) is 5.56 Å². The minimum absolute atomic E-state index is 0.216. The predicted molar refractivity (Wildman–Crippen MR) is 74.2 cm³/mol. The zero-order chi connectivity index (χ0) is 13.1. The summed E-state index contributed by atoms with van der Waals surface area (Å²) in [5, 5.41) is 1.94. The number of nitrogens with one attached hydrogen (secondary N) is 1. The molecule has 2 rings (SSSR count). The van der Waals surface area contributed by atoms with Crippen molar-refractivity contribution >= 4 is 23.2 Å². The zero-order valence-electron chi connectivity index (χ0n) is 10.2. The van der Waals surface area contributed by atoms with E-state index in [0.717, 1.165) is 10.6 Å². The van der Waals surface area contributed by atoms with E-state index in [2.05, 4.69) is 4.98 Å². The van der Waals surface area contributed by atoms with Crippen molar-refractivity contribution in [3.8, 4) is 0 Å². The largest absolute Gasteiger partial charge is 0.326 e. The standard InChI is InChI=1S/C14H13NO2S/c1-9-8-10(2)15-14(17)13(9)12(16)6-5-11-4-3-7-18-11/h3-8H,1-2H3,(H,15,17)/b6-5-.